The minimum Gasteiger partial charge on any atom is -0.355 e. The monoisotopic (exact) mass is 311 g/mol. The lowest BCUT2D eigenvalue weighted by molar-refractivity contribution is 0.0948. The third-order valence-corrected chi connectivity index (χ3v) is 3.74. The number of aromatic nitrogens is 1. The molecule has 1 aromatic heterocycles. The largest absolute Gasteiger partial charge is 0.355 e. The van der Waals surface area contributed by atoms with E-state index in [1.165, 1.54) is 5.56 Å². The van der Waals surface area contributed by atoms with Gasteiger partial charge in [-0.1, -0.05) is 44.9 Å². The van der Waals surface area contributed by atoms with Crippen LogP contribution in [0.4, 0.5) is 11.4 Å². The van der Waals surface area contributed by atoms with E-state index in [0.29, 0.717) is 12.2 Å². The van der Waals surface area contributed by atoms with Gasteiger partial charge in [0.05, 0.1) is 0 Å². The van der Waals surface area contributed by atoms with Gasteiger partial charge in [0.1, 0.15) is 5.69 Å². The summed E-state index contributed by atoms with van der Waals surface area (Å²) in [4.78, 5) is 16.3. The summed E-state index contributed by atoms with van der Waals surface area (Å²) in [7, 11) is 0. The number of unbranched alkanes of at least 4 members (excludes halogenated alkanes) is 2. The van der Waals surface area contributed by atoms with Gasteiger partial charge >= 0.3 is 0 Å². The fourth-order valence-electron chi connectivity index (χ4n) is 2.41. The van der Waals surface area contributed by atoms with Gasteiger partial charge in [0.25, 0.3) is 5.91 Å². The molecule has 0 fully saturated rings. The molecule has 0 aliphatic carbocycles. The summed E-state index contributed by atoms with van der Waals surface area (Å²) in [6.45, 7) is 4.97. The Kier molecular flexibility index (Phi) is 6.60. The van der Waals surface area contributed by atoms with Crippen molar-refractivity contribution in [2.75, 3.05) is 11.9 Å². The molecule has 1 amide bonds. The van der Waals surface area contributed by atoms with Crippen LogP contribution in [0.2, 0.25) is 0 Å². The highest BCUT2D eigenvalue weighted by Crippen LogP contribution is 2.21. The van der Waals surface area contributed by atoms with Crippen LogP contribution >= 0.6 is 0 Å². The number of rotatable bonds is 8. The Morgan fingerprint density at radius 1 is 1.13 bits per heavy atom. The summed E-state index contributed by atoms with van der Waals surface area (Å²) in [5, 5.41) is 6.29. The van der Waals surface area contributed by atoms with Crippen molar-refractivity contribution in [1.29, 1.82) is 0 Å². The number of hydrogen-bond acceptors (Lipinski definition) is 3. The number of amides is 1. The normalized spacial score (nSPS) is 10.3. The van der Waals surface area contributed by atoms with Crippen molar-refractivity contribution in [2.24, 2.45) is 0 Å². The number of carbonyl (C=O) groups excluding carboxylic acids is 1. The highest BCUT2D eigenvalue weighted by atomic mass is 16.1. The van der Waals surface area contributed by atoms with E-state index in [9.17, 15) is 4.79 Å². The number of hydrogen-bond donors (Lipinski definition) is 2. The van der Waals surface area contributed by atoms with Gasteiger partial charge in [0.2, 0.25) is 0 Å². The molecule has 122 valence electrons. The average molecular weight is 311 g/mol. The lowest BCUT2D eigenvalue weighted by Gasteiger charge is -2.11. The van der Waals surface area contributed by atoms with Crippen LogP contribution in [-0.2, 0) is 6.42 Å². The molecule has 2 N–H and O–H groups in total. The smallest absolute Gasteiger partial charge is 0.269 e. The number of nitrogens with one attached hydrogen (secondary N) is 2. The molecule has 0 aliphatic rings. The minimum atomic E-state index is -0.117. The first-order valence-electron chi connectivity index (χ1n) is 8.33. The van der Waals surface area contributed by atoms with Gasteiger partial charge in [0, 0.05) is 24.1 Å². The van der Waals surface area contributed by atoms with Gasteiger partial charge in [0.15, 0.2) is 0 Å². The molecule has 0 unspecified atom stereocenters. The van der Waals surface area contributed by atoms with Crippen LogP contribution in [-0.4, -0.2) is 17.4 Å². The zero-order valence-corrected chi connectivity index (χ0v) is 13.9. The van der Waals surface area contributed by atoms with Crippen LogP contribution in [0, 0.1) is 0 Å². The van der Waals surface area contributed by atoms with Gasteiger partial charge in [-0.25, -0.2) is 0 Å². The predicted molar refractivity (Wildman–Crippen MR) is 95.2 cm³/mol. The average Bonchev–Trinajstić information content (AvgIpc) is 2.59. The molecular formula is C19H25N3O. The number of nitrogens with zero attached hydrogens (tertiary/aromatic N) is 1. The molecule has 23 heavy (non-hydrogen) atoms. The lowest BCUT2D eigenvalue weighted by Crippen LogP contribution is -2.25. The molecule has 1 heterocycles. The summed E-state index contributed by atoms with van der Waals surface area (Å²) >= 11 is 0. The summed E-state index contributed by atoms with van der Waals surface area (Å²) < 4.78 is 0. The maximum atomic E-state index is 12.1. The quantitative estimate of drug-likeness (QED) is 0.714. The van der Waals surface area contributed by atoms with Crippen molar-refractivity contribution in [3.05, 3.63) is 53.9 Å². The number of para-hydroxylation sites is 1. The maximum absolute atomic E-state index is 12.1. The van der Waals surface area contributed by atoms with E-state index in [2.05, 4.69) is 35.5 Å². The molecule has 0 saturated carbocycles. The molecule has 0 saturated heterocycles. The van der Waals surface area contributed by atoms with Crippen LogP contribution in [0.3, 0.4) is 0 Å². The summed E-state index contributed by atoms with van der Waals surface area (Å²) in [5.41, 5.74) is 3.63. The second-order valence-electron chi connectivity index (χ2n) is 5.53. The van der Waals surface area contributed by atoms with Crippen LogP contribution < -0.4 is 10.6 Å². The Balaban J connectivity index is 2.03. The molecular weight excluding hydrogens is 286 g/mol. The van der Waals surface area contributed by atoms with Crippen molar-refractivity contribution < 1.29 is 4.79 Å². The van der Waals surface area contributed by atoms with E-state index in [1.807, 2.05) is 24.3 Å². The number of anilines is 2. The zero-order chi connectivity index (χ0) is 16.5. The van der Waals surface area contributed by atoms with E-state index >= 15 is 0 Å². The molecule has 0 bridgehead atoms. The summed E-state index contributed by atoms with van der Waals surface area (Å²) in [5.74, 6) is -0.117. The van der Waals surface area contributed by atoms with Crippen molar-refractivity contribution in [3.8, 4) is 0 Å². The fourth-order valence-corrected chi connectivity index (χ4v) is 2.41. The molecule has 0 radical (unpaired) electrons. The Labute approximate surface area is 138 Å². The van der Waals surface area contributed by atoms with Crippen molar-refractivity contribution >= 4 is 17.3 Å². The van der Waals surface area contributed by atoms with Gasteiger partial charge in [-0.2, -0.15) is 0 Å². The molecule has 0 aliphatic heterocycles. The Morgan fingerprint density at radius 2 is 1.96 bits per heavy atom. The first kappa shape index (κ1) is 17.0. The second kappa shape index (κ2) is 8.93. The van der Waals surface area contributed by atoms with Gasteiger partial charge in [-0.3, -0.25) is 9.78 Å². The lowest BCUT2D eigenvalue weighted by atomic mass is 10.1. The predicted octanol–water partition coefficient (Wildman–Crippen LogP) is 4.31. The Bertz CT molecular complexity index is 640. The highest BCUT2D eigenvalue weighted by molar-refractivity contribution is 5.93. The minimum absolute atomic E-state index is 0.117. The van der Waals surface area contributed by atoms with Crippen molar-refractivity contribution in [3.63, 3.8) is 0 Å². The molecule has 4 heteroatoms. The van der Waals surface area contributed by atoms with Crippen LogP contribution in [0.1, 0.15) is 49.2 Å². The molecule has 1 aromatic carbocycles. The van der Waals surface area contributed by atoms with E-state index in [1.54, 1.807) is 12.3 Å². The van der Waals surface area contributed by atoms with E-state index in [4.69, 9.17) is 0 Å². The molecule has 0 spiro atoms. The van der Waals surface area contributed by atoms with Gasteiger partial charge in [-0.15, -0.1) is 0 Å². The SMILES string of the molecule is CCCCCNC(=O)c1cc(Nc2ccccc2CC)ccn1. The first-order valence-corrected chi connectivity index (χ1v) is 8.33. The number of benzene rings is 1. The third kappa shape index (κ3) is 5.09. The number of pyridine rings is 1. The molecule has 0 atom stereocenters. The van der Waals surface area contributed by atoms with Gasteiger partial charge in [-0.05, 0) is 36.6 Å². The summed E-state index contributed by atoms with van der Waals surface area (Å²) in [6, 6.07) is 11.9. The topological polar surface area (TPSA) is 54.0 Å². The van der Waals surface area contributed by atoms with E-state index < -0.39 is 0 Å². The second-order valence-corrected chi connectivity index (χ2v) is 5.53. The van der Waals surface area contributed by atoms with Gasteiger partial charge < -0.3 is 10.6 Å². The number of carbonyl (C=O) groups is 1. The zero-order valence-electron chi connectivity index (χ0n) is 13.9. The Hall–Kier alpha value is -2.36. The standard InChI is InChI=1S/C19H25N3O/c1-3-5-8-12-21-19(23)18-14-16(11-13-20-18)22-17-10-7-6-9-15(17)4-2/h6-7,9-11,13-14H,3-5,8,12H2,1-2H3,(H,20,22)(H,21,23). The highest BCUT2D eigenvalue weighted by Gasteiger charge is 2.08. The molecule has 2 rings (SSSR count). The fraction of sp³-hybridized carbons (Fsp3) is 0.368. The van der Waals surface area contributed by atoms with Crippen LogP contribution in [0.25, 0.3) is 0 Å². The van der Waals surface area contributed by atoms with E-state index in [-0.39, 0.29) is 5.91 Å². The first-order chi connectivity index (χ1) is 11.2. The number of aryl methyl sites for hydroxylation is 1. The summed E-state index contributed by atoms with van der Waals surface area (Å²) in [6.07, 6.45) is 5.90. The van der Waals surface area contributed by atoms with Crippen LogP contribution in [0.15, 0.2) is 42.6 Å². The maximum Gasteiger partial charge on any atom is 0.269 e. The van der Waals surface area contributed by atoms with Crippen molar-refractivity contribution in [2.45, 2.75) is 39.5 Å². The van der Waals surface area contributed by atoms with Crippen LogP contribution in [0.5, 0.6) is 0 Å². The Morgan fingerprint density at radius 3 is 2.74 bits per heavy atom. The third-order valence-electron chi connectivity index (χ3n) is 3.74. The molecule has 4 nitrogen and oxygen atoms in total. The molecule has 2 aromatic rings. The van der Waals surface area contributed by atoms with Crippen molar-refractivity contribution in [1.82, 2.24) is 10.3 Å². The van der Waals surface area contributed by atoms with E-state index in [0.717, 1.165) is 37.1 Å².